The number of halogens is 1. The predicted molar refractivity (Wildman–Crippen MR) is 134 cm³/mol. The second-order valence-electron chi connectivity index (χ2n) is 8.47. The summed E-state index contributed by atoms with van der Waals surface area (Å²) in [5.41, 5.74) is 2.35. The molecule has 3 rings (SSSR count). The molecule has 30 heavy (non-hydrogen) atoms. The van der Waals surface area contributed by atoms with Crippen LogP contribution in [0.3, 0.4) is 0 Å². The van der Waals surface area contributed by atoms with Gasteiger partial charge in [-0.05, 0) is 56.8 Å². The van der Waals surface area contributed by atoms with Gasteiger partial charge in [-0.2, -0.15) is 0 Å². The molecular formula is C23H39IN4O2. The zero-order valence-electron chi connectivity index (χ0n) is 18.8. The number of rotatable bonds is 8. The molecule has 2 aliphatic rings. The van der Waals surface area contributed by atoms with Gasteiger partial charge in [0.15, 0.2) is 5.96 Å². The molecule has 6 nitrogen and oxygen atoms in total. The number of benzene rings is 1. The van der Waals surface area contributed by atoms with Gasteiger partial charge in [-0.15, -0.1) is 24.0 Å². The van der Waals surface area contributed by atoms with Gasteiger partial charge in [0.25, 0.3) is 0 Å². The van der Waals surface area contributed by atoms with Crippen molar-refractivity contribution in [2.75, 3.05) is 46.4 Å². The third-order valence-corrected chi connectivity index (χ3v) is 5.76. The molecule has 2 N–H and O–H groups in total. The Hall–Kier alpha value is -1.06. The molecule has 0 saturated carbocycles. The van der Waals surface area contributed by atoms with E-state index in [1.54, 1.807) is 0 Å². The van der Waals surface area contributed by atoms with Crippen molar-refractivity contribution >= 4 is 29.9 Å². The number of likely N-dealkylation sites (tertiary alicyclic amines) is 1. The summed E-state index contributed by atoms with van der Waals surface area (Å²) < 4.78 is 11.6. The Balaban J connectivity index is 0.00000320. The highest BCUT2D eigenvalue weighted by atomic mass is 127. The van der Waals surface area contributed by atoms with Gasteiger partial charge in [-0.3, -0.25) is 4.99 Å². The van der Waals surface area contributed by atoms with Gasteiger partial charge in [-0.1, -0.05) is 19.1 Å². The topological polar surface area (TPSA) is 58.1 Å². The molecule has 2 unspecified atom stereocenters. The quantitative estimate of drug-likeness (QED) is 0.233. The lowest BCUT2D eigenvalue weighted by atomic mass is 10.0. The minimum Gasteiger partial charge on any atom is -0.488 e. The number of piperidine rings is 1. The number of nitrogens with one attached hydrogen (secondary N) is 2. The van der Waals surface area contributed by atoms with Crippen molar-refractivity contribution in [2.45, 2.75) is 52.2 Å². The van der Waals surface area contributed by atoms with Gasteiger partial charge in [0.05, 0.1) is 13.2 Å². The van der Waals surface area contributed by atoms with Gasteiger partial charge in [0.2, 0.25) is 0 Å². The summed E-state index contributed by atoms with van der Waals surface area (Å²) in [6, 6.07) is 6.38. The summed E-state index contributed by atoms with van der Waals surface area (Å²) in [5.74, 6) is 2.63. The van der Waals surface area contributed by atoms with Gasteiger partial charge in [0, 0.05) is 38.7 Å². The van der Waals surface area contributed by atoms with Crippen LogP contribution in [0.2, 0.25) is 0 Å². The van der Waals surface area contributed by atoms with Crippen LogP contribution in [-0.2, 0) is 11.3 Å². The molecule has 1 aromatic rings. The van der Waals surface area contributed by atoms with E-state index in [0.29, 0.717) is 13.2 Å². The maximum atomic E-state index is 6.20. The van der Waals surface area contributed by atoms with Crippen LogP contribution in [0.5, 0.6) is 5.75 Å². The lowest BCUT2D eigenvalue weighted by Crippen LogP contribution is -2.40. The van der Waals surface area contributed by atoms with Crippen molar-refractivity contribution in [3.63, 3.8) is 0 Å². The number of nitrogens with zero attached hydrogens (tertiary/aromatic N) is 2. The third-order valence-electron chi connectivity index (χ3n) is 5.76. The minimum atomic E-state index is 0. The monoisotopic (exact) mass is 530 g/mol. The van der Waals surface area contributed by atoms with Crippen LogP contribution < -0.4 is 15.4 Å². The van der Waals surface area contributed by atoms with Gasteiger partial charge >= 0.3 is 0 Å². The number of guanidine groups is 1. The Labute approximate surface area is 199 Å². The number of ether oxygens (including phenoxy) is 2. The van der Waals surface area contributed by atoms with Crippen LogP contribution >= 0.6 is 24.0 Å². The average molecular weight is 530 g/mol. The van der Waals surface area contributed by atoms with E-state index in [-0.39, 0.29) is 30.1 Å². The molecule has 170 valence electrons. The summed E-state index contributed by atoms with van der Waals surface area (Å²) in [6.07, 6.45) is 4.97. The summed E-state index contributed by atoms with van der Waals surface area (Å²) >= 11 is 0. The Morgan fingerprint density at radius 1 is 1.30 bits per heavy atom. The maximum Gasteiger partial charge on any atom is 0.191 e. The molecule has 2 saturated heterocycles. The van der Waals surface area contributed by atoms with E-state index < -0.39 is 0 Å². The summed E-state index contributed by atoms with van der Waals surface area (Å²) in [5, 5.41) is 6.88. The maximum absolute atomic E-state index is 6.20. The van der Waals surface area contributed by atoms with E-state index in [1.807, 2.05) is 7.05 Å². The molecule has 1 aromatic carbocycles. The third kappa shape index (κ3) is 8.23. The fourth-order valence-corrected chi connectivity index (χ4v) is 4.10. The fourth-order valence-electron chi connectivity index (χ4n) is 4.10. The molecular weight excluding hydrogens is 491 g/mol. The van der Waals surface area contributed by atoms with Crippen molar-refractivity contribution in [3.05, 3.63) is 29.3 Å². The van der Waals surface area contributed by atoms with Crippen LogP contribution in [0.4, 0.5) is 0 Å². The van der Waals surface area contributed by atoms with Gasteiger partial charge < -0.3 is 25.0 Å². The molecule has 0 amide bonds. The van der Waals surface area contributed by atoms with E-state index in [4.69, 9.17) is 9.47 Å². The molecule has 2 aliphatic heterocycles. The first-order valence-electron chi connectivity index (χ1n) is 11.1. The molecule has 0 spiro atoms. The zero-order chi connectivity index (χ0) is 20.5. The molecule has 2 heterocycles. The smallest absolute Gasteiger partial charge is 0.191 e. The van der Waals surface area contributed by atoms with Crippen molar-refractivity contribution < 1.29 is 9.47 Å². The number of hydrogen-bond acceptors (Lipinski definition) is 4. The first-order valence-corrected chi connectivity index (χ1v) is 11.1. The lowest BCUT2D eigenvalue weighted by molar-refractivity contribution is 0.140. The van der Waals surface area contributed by atoms with Crippen LogP contribution in [0, 0.1) is 12.8 Å². The highest BCUT2D eigenvalue weighted by Crippen LogP contribution is 2.23. The van der Waals surface area contributed by atoms with E-state index in [2.05, 4.69) is 52.6 Å². The standard InChI is InChI=1S/C23H38N4O2.HI/c1-18-7-8-20(22(14-18)29-21-9-13-28-17-21)15-26-23(24-3)25-10-5-12-27-11-4-6-19(2)16-27;/h7-8,14,19,21H,4-6,9-13,15-17H2,1-3H3,(H2,24,25,26);1H. The van der Waals surface area contributed by atoms with Crippen LogP contribution in [0.1, 0.15) is 43.7 Å². The number of hydrogen-bond donors (Lipinski definition) is 2. The van der Waals surface area contributed by atoms with Crippen molar-refractivity contribution in [2.24, 2.45) is 10.9 Å². The fraction of sp³-hybridized carbons (Fsp3) is 0.696. The molecule has 0 aromatic heterocycles. The molecule has 0 aliphatic carbocycles. The first kappa shape index (κ1) is 25.2. The van der Waals surface area contributed by atoms with Crippen molar-refractivity contribution in [1.29, 1.82) is 0 Å². The van der Waals surface area contributed by atoms with Gasteiger partial charge in [0.1, 0.15) is 11.9 Å². The Morgan fingerprint density at radius 2 is 2.17 bits per heavy atom. The summed E-state index contributed by atoms with van der Waals surface area (Å²) in [6.45, 7) is 11.2. The lowest BCUT2D eigenvalue weighted by Gasteiger charge is -2.30. The largest absolute Gasteiger partial charge is 0.488 e. The number of aryl methyl sites for hydroxylation is 1. The van der Waals surface area contributed by atoms with Crippen molar-refractivity contribution in [3.8, 4) is 5.75 Å². The summed E-state index contributed by atoms with van der Waals surface area (Å²) in [4.78, 5) is 6.96. The SMILES string of the molecule is CN=C(NCCCN1CCCC(C)C1)NCc1ccc(C)cc1OC1CCOC1.I. The predicted octanol–water partition coefficient (Wildman–Crippen LogP) is 3.57. The first-order chi connectivity index (χ1) is 14.1. The van der Waals surface area contributed by atoms with Crippen LogP contribution in [-0.4, -0.2) is 63.4 Å². The Kier molecular flexibility index (Phi) is 11.2. The van der Waals surface area contributed by atoms with Gasteiger partial charge in [-0.25, -0.2) is 0 Å². The average Bonchev–Trinajstić information content (AvgIpc) is 3.22. The van der Waals surface area contributed by atoms with Crippen molar-refractivity contribution in [1.82, 2.24) is 15.5 Å². The Bertz CT molecular complexity index is 665. The summed E-state index contributed by atoms with van der Waals surface area (Å²) in [7, 11) is 1.82. The van der Waals surface area contributed by atoms with E-state index in [0.717, 1.165) is 55.7 Å². The van der Waals surface area contributed by atoms with E-state index in [9.17, 15) is 0 Å². The molecule has 7 heteroatoms. The van der Waals surface area contributed by atoms with Crippen LogP contribution in [0.25, 0.3) is 0 Å². The molecule has 0 radical (unpaired) electrons. The second-order valence-corrected chi connectivity index (χ2v) is 8.47. The van der Waals surface area contributed by atoms with E-state index >= 15 is 0 Å². The van der Waals surface area contributed by atoms with E-state index in [1.165, 1.54) is 31.5 Å². The molecule has 0 bridgehead atoms. The van der Waals surface area contributed by atoms with Crippen LogP contribution in [0.15, 0.2) is 23.2 Å². The Morgan fingerprint density at radius 3 is 2.90 bits per heavy atom. The minimum absolute atomic E-state index is 0. The highest BCUT2D eigenvalue weighted by Gasteiger charge is 2.19. The highest BCUT2D eigenvalue weighted by molar-refractivity contribution is 14.0. The number of aliphatic imine (C=N–C) groups is 1. The molecule has 2 fully saturated rings. The molecule has 2 atom stereocenters. The second kappa shape index (κ2) is 13.4. The normalized spacial score (nSPS) is 22.4. The zero-order valence-corrected chi connectivity index (χ0v) is 21.1.